The van der Waals surface area contributed by atoms with E-state index in [1.165, 1.54) is 51.4 Å². The molecule has 0 aromatic carbocycles. The summed E-state index contributed by atoms with van der Waals surface area (Å²) in [5.74, 6) is 1.69. The van der Waals surface area contributed by atoms with Crippen LogP contribution in [0.2, 0.25) is 5.31 Å². The molecule has 0 N–H and O–H groups in total. The summed E-state index contributed by atoms with van der Waals surface area (Å²) in [5.41, 5.74) is 0.389. The Labute approximate surface area is 169 Å². The first-order chi connectivity index (χ1) is 11.8. The molecule has 25 heavy (non-hydrogen) atoms. The van der Waals surface area contributed by atoms with E-state index in [0.29, 0.717) is 20.2 Å². The first-order valence-electron chi connectivity index (χ1n) is 10.7. The van der Waals surface area contributed by atoms with Gasteiger partial charge in [-0.1, -0.05) is 61.0 Å². The third-order valence-electron chi connectivity index (χ3n) is 8.02. The molecule has 1 spiro atoms. The van der Waals surface area contributed by atoms with Crippen molar-refractivity contribution in [1.29, 1.82) is 0 Å². The van der Waals surface area contributed by atoms with Crippen LogP contribution in [0.1, 0.15) is 79.1 Å². The molecule has 5 fully saturated rings. The van der Waals surface area contributed by atoms with Crippen LogP contribution in [-0.4, -0.2) is 46.3 Å². The highest BCUT2D eigenvalue weighted by molar-refractivity contribution is 14.1. The molecule has 141 valence electrons. The van der Waals surface area contributed by atoms with Gasteiger partial charge in [0.25, 0.3) is 0 Å². The van der Waals surface area contributed by atoms with Crippen LogP contribution in [0.5, 0.6) is 0 Å². The largest absolute Gasteiger partial charge is 0.377 e. The molecule has 4 aliphatic heterocycles. The highest BCUT2D eigenvalue weighted by atomic mass is 127. The van der Waals surface area contributed by atoms with Gasteiger partial charge in [-0.25, -0.2) is 0 Å². The number of fused-ring (bicyclic) bond motifs is 4. The lowest BCUT2D eigenvalue weighted by Crippen LogP contribution is -2.62. The van der Waals surface area contributed by atoms with Crippen LogP contribution in [0, 0.1) is 11.8 Å². The average Bonchev–Trinajstić information content (AvgIpc) is 2.78. The molecule has 0 aromatic rings. The van der Waals surface area contributed by atoms with E-state index in [0.717, 1.165) is 31.1 Å². The Hall–Kier alpha value is 0.715. The second-order valence-electron chi connectivity index (χ2n) is 10.3. The lowest BCUT2D eigenvalue weighted by atomic mass is 9.27. The van der Waals surface area contributed by atoms with Gasteiger partial charge in [0.2, 0.25) is 0 Å². The third-order valence-corrected chi connectivity index (χ3v) is 9.25. The van der Waals surface area contributed by atoms with Gasteiger partial charge in [0.05, 0.1) is 18.8 Å². The lowest BCUT2D eigenvalue weighted by Gasteiger charge is -2.56. The normalized spacial score (nSPS) is 44.0. The van der Waals surface area contributed by atoms with Gasteiger partial charge in [0, 0.05) is 12.1 Å². The van der Waals surface area contributed by atoms with Crippen molar-refractivity contribution in [3.05, 3.63) is 0 Å². The molecular weight excluding hydrogens is 420 g/mol. The maximum atomic E-state index is 5.72. The molecule has 5 aliphatic rings. The van der Waals surface area contributed by atoms with Gasteiger partial charge in [-0.15, -0.1) is 0 Å². The van der Waals surface area contributed by atoms with Crippen LogP contribution in [-0.2, 0) is 4.74 Å². The van der Waals surface area contributed by atoms with E-state index in [-0.39, 0.29) is 0 Å². The summed E-state index contributed by atoms with van der Waals surface area (Å²) in [7, 11) is 2.77. The van der Waals surface area contributed by atoms with Crippen molar-refractivity contribution in [2.45, 2.75) is 105 Å². The molecule has 4 heterocycles. The fraction of sp³-hybridized carbons (Fsp3) is 1.00. The van der Waals surface area contributed by atoms with Crippen molar-refractivity contribution < 1.29 is 4.74 Å². The van der Waals surface area contributed by atoms with Gasteiger partial charge in [-0.3, -0.25) is 4.90 Å². The third kappa shape index (κ3) is 3.14. The summed E-state index contributed by atoms with van der Waals surface area (Å²) < 4.78 is 6.21. The minimum atomic E-state index is 0.389. The van der Waals surface area contributed by atoms with Crippen molar-refractivity contribution in [3.63, 3.8) is 0 Å². The number of halogens is 1. The van der Waals surface area contributed by atoms with Crippen molar-refractivity contribution in [2.75, 3.05) is 13.2 Å². The summed E-state index contributed by atoms with van der Waals surface area (Å²) in [6.07, 6.45) is 11.3. The van der Waals surface area contributed by atoms with Crippen molar-refractivity contribution in [2.24, 2.45) is 11.8 Å². The number of ether oxygens (including phenoxy) is 1. The molecule has 0 amide bonds. The average molecular weight is 456 g/mol. The van der Waals surface area contributed by atoms with Crippen LogP contribution >= 0.6 is 22.6 Å². The summed E-state index contributed by atoms with van der Waals surface area (Å²) in [6.45, 7) is 11.7. The number of hydrogen-bond donors (Lipinski definition) is 0. The van der Waals surface area contributed by atoms with E-state index in [2.05, 4.69) is 62.5 Å². The first kappa shape index (κ1) is 19.0. The summed E-state index contributed by atoms with van der Waals surface area (Å²) >= 11 is 2.78. The molecule has 2 bridgehead atoms. The summed E-state index contributed by atoms with van der Waals surface area (Å²) in [5, 5.41) is 0.527. The van der Waals surface area contributed by atoms with Gasteiger partial charge in [0.15, 0.2) is 0 Å². The zero-order valence-electron chi connectivity index (χ0n) is 16.7. The fourth-order valence-corrected chi connectivity index (χ4v) is 8.54. The number of hydrogen-bond acceptors (Lipinski definition) is 2. The van der Waals surface area contributed by atoms with Crippen LogP contribution in [0.15, 0.2) is 0 Å². The predicted octanol–water partition coefficient (Wildman–Crippen LogP) is 5.26. The molecule has 2 nitrogen and oxygen atoms in total. The highest BCUT2D eigenvalue weighted by Crippen LogP contribution is 2.62. The van der Waals surface area contributed by atoms with Crippen LogP contribution in [0.3, 0.4) is 0 Å². The van der Waals surface area contributed by atoms with E-state index in [1.54, 1.807) is 0 Å². The number of likely N-dealkylation sites (tertiary alicyclic amines) is 1. The Bertz CT molecular complexity index is 498. The van der Waals surface area contributed by atoms with Crippen LogP contribution in [0.4, 0.5) is 0 Å². The summed E-state index contributed by atoms with van der Waals surface area (Å²) in [6, 6.07) is 1.45. The lowest BCUT2D eigenvalue weighted by molar-refractivity contribution is -0.141. The van der Waals surface area contributed by atoms with Gasteiger partial charge >= 0.3 is 0 Å². The quantitative estimate of drug-likeness (QED) is 0.319. The van der Waals surface area contributed by atoms with E-state index in [1.807, 2.05) is 0 Å². The SMILES string of the molecule is CC(C)N1C2CCCC3(C(C)C)[B]C(I)(CCCC2CC12COC2)C3. The molecule has 4 saturated heterocycles. The van der Waals surface area contributed by atoms with Gasteiger partial charge < -0.3 is 4.74 Å². The second kappa shape index (κ2) is 6.65. The standard InChI is InChI=1S/C21H36BINO/c1-15(2)20-9-6-8-18-17(7-5-10-21(23,12-20)22-20)11-19(13-25-14-19)24(18)16(3)4/h15-18H,5-14H2,1-4H3. The Balaban J connectivity index is 1.54. The minimum Gasteiger partial charge on any atom is -0.377 e. The van der Waals surface area contributed by atoms with Crippen molar-refractivity contribution >= 4 is 29.9 Å². The van der Waals surface area contributed by atoms with Gasteiger partial charge in [-0.05, 0) is 61.1 Å². The van der Waals surface area contributed by atoms with E-state index >= 15 is 0 Å². The highest BCUT2D eigenvalue weighted by Gasteiger charge is 2.58. The summed E-state index contributed by atoms with van der Waals surface area (Å²) in [4.78, 5) is 2.90. The van der Waals surface area contributed by atoms with Crippen LogP contribution < -0.4 is 0 Å². The number of rotatable bonds is 2. The van der Waals surface area contributed by atoms with Crippen molar-refractivity contribution in [3.8, 4) is 0 Å². The van der Waals surface area contributed by atoms with Crippen molar-refractivity contribution in [1.82, 2.24) is 4.90 Å². The van der Waals surface area contributed by atoms with E-state index in [4.69, 9.17) is 4.74 Å². The Morgan fingerprint density at radius 2 is 1.76 bits per heavy atom. The Morgan fingerprint density at radius 3 is 2.32 bits per heavy atom. The van der Waals surface area contributed by atoms with Gasteiger partial charge in [-0.2, -0.15) is 0 Å². The maximum Gasteiger partial charge on any atom is 0.139 e. The zero-order chi connectivity index (χ0) is 17.9. The molecule has 0 aromatic heterocycles. The molecule has 4 atom stereocenters. The predicted molar refractivity (Wildman–Crippen MR) is 115 cm³/mol. The topological polar surface area (TPSA) is 12.5 Å². The van der Waals surface area contributed by atoms with E-state index in [9.17, 15) is 0 Å². The molecule has 5 rings (SSSR count). The number of nitrogens with zero attached hydrogens (tertiary/aromatic N) is 1. The minimum absolute atomic E-state index is 0.389. The molecule has 1 aliphatic carbocycles. The molecular formula is C21H36BINO. The Morgan fingerprint density at radius 1 is 1.08 bits per heavy atom. The van der Waals surface area contributed by atoms with Crippen LogP contribution in [0.25, 0.3) is 0 Å². The Kier molecular flexibility index (Phi) is 5.07. The fourth-order valence-electron chi connectivity index (χ4n) is 6.83. The molecule has 4 heteroatoms. The molecule has 1 saturated carbocycles. The monoisotopic (exact) mass is 456 g/mol. The number of alkyl halides is 1. The second-order valence-corrected chi connectivity index (χ2v) is 12.4. The maximum absolute atomic E-state index is 5.72. The smallest absolute Gasteiger partial charge is 0.139 e. The molecule has 4 unspecified atom stereocenters. The van der Waals surface area contributed by atoms with Gasteiger partial charge in [0.1, 0.15) is 7.28 Å². The molecule has 1 radical (unpaired) electrons. The van der Waals surface area contributed by atoms with E-state index < -0.39 is 0 Å². The first-order valence-corrected chi connectivity index (χ1v) is 11.8. The zero-order valence-corrected chi connectivity index (χ0v) is 18.8.